The molecule has 0 aliphatic heterocycles. The average Bonchev–Trinajstić information content (AvgIpc) is 2.06. The molecule has 16 heavy (non-hydrogen) atoms. The standard InChI is InChI=1S/C12H28Br2Ge2/c1-15(2,13)11-9-7-5-6-8-10-12-16(3,4)14/h5-12H2,1-4H3. The van der Waals surface area contributed by atoms with Gasteiger partial charge < -0.3 is 0 Å². The second kappa shape index (κ2) is 9.03. The van der Waals surface area contributed by atoms with Gasteiger partial charge in [-0.1, -0.05) is 0 Å². The van der Waals surface area contributed by atoms with Crippen LogP contribution >= 0.6 is 28.0 Å². The van der Waals surface area contributed by atoms with E-state index in [1.807, 2.05) is 0 Å². The van der Waals surface area contributed by atoms with Crippen LogP contribution in [0.15, 0.2) is 0 Å². The van der Waals surface area contributed by atoms with Gasteiger partial charge in [-0.15, -0.1) is 0 Å². The van der Waals surface area contributed by atoms with Gasteiger partial charge in [0.1, 0.15) is 0 Å². The summed E-state index contributed by atoms with van der Waals surface area (Å²) < 4.78 is 0. The molecular weight excluding hydrogens is 449 g/mol. The monoisotopic (exact) mass is 478 g/mol. The maximum atomic E-state index is 3.88. The second-order valence-electron chi connectivity index (χ2n) is 6.06. The van der Waals surface area contributed by atoms with Crippen molar-refractivity contribution in [3.63, 3.8) is 0 Å². The first-order valence-electron chi connectivity index (χ1n) is 6.59. The number of unbranched alkanes of at least 4 members (excludes halogenated alkanes) is 5. The molecule has 0 saturated heterocycles. The molecule has 0 bridgehead atoms. The fourth-order valence-corrected chi connectivity index (χ4v) is 9.29. The molecule has 0 aliphatic carbocycles. The number of hydrogen-bond acceptors (Lipinski definition) is 0. The summed E-state index contributed by atoms with van der Waals surface area (Å²) in [7, 11) is 0. The molecule has 0 radical (unpaired) electrons. The third-order valence-corrected chi connectivity index (χ3v) is 13.4. The van der Waals surface area contributed by atoms with Crippen molar-refractivity contribution in [2.75, 3.05) is 0 Å². The molecule has 4 heteroatoms. The van der Waals surface area contributed by atoms with E-state index in [1.165, 1.54) is 49.0 Å². The average molecular weight is 477 g/mol. The first kappa shape index (κ1) is 18.0. The zero-order valence-corrected chi connectivity index (χ0v) is 18.8. The summed E-state index contributed by atoms with van der Waals surface area (Å²) in [6.07, 6.45) is 8.75. The second-order valence-corrected chi connectivity index (χ2v) is 44.9. The minimum absolute atomic E-state index is 1.40. The molecule has 0 saturated carbocycles. The Bertz CT molecular complexity index is 151. The fourth-order valence-electron chi connectivity index (χ4n) is 1.80. The quantitative estimate of drug-likeness (QED) is 0.262. The summed E-state index contributed by atoms with van der Waals surface area (Å²) >= 11 is 4.97. The van der Waals surface area contributed by atoms with Crippen LogP contribution in [0.4, 0.5) is 0 Å². The van der Waals surface area contributed by atoms with Crippen LogP contribution in [0, 0.1) is 0 Å². The van der Waals surface area contributed by atoms with E-state index in [1.54, 1.807) is 0 Å². The van der Waals surface area contributed by atoms with Crippen molar-refractivity contribution in [3.05, 3.63) is 0 Å². The van der Waals surface area contributed by atoms with Crippen LogP contribution in [0.25, 0.3) is 0 Å². The molecule has 0 aromatic rings. The molecule has 0 aliphatic rings. The summed E-state index contributed by atoms with van der Waals surface area (Å²) in [5.41, 5.74) is 0. The molecule has 0 rings (SSSR count). The van der Waals surface area contributed by atoms with E-state index >= 15 is 0 Å². The Labute approximate surface area is 122 Å². The van der Waals surface area contributed by atoms with Gasteiger partial charge in [-0.3, -0.25) is 0 Å². The Kier molecular flexibility index (Phi) is 10.2. The topological polar surface area (TPSA) is 0 Å². The van der Waals surface area contributed by atoms with Gasteiger partial charge in [0.2, 0.25) is 0 Å². The molecule has 0 aromatic heterocycles. The van der Waals surface area contributed by atoms with Crippen LogP contribution in [0.1, 0.15) is 38.5 Å². The Morgan fingerprint density at radius 3 is 1.06 bits per heavy atom. The summed E-state index contributed by atoms with van der Waals surface area (Å²) in [6, 6.07) is 0. The van der Waals surface area contributed by atoms with E-state index in [4.69, 9.17) is 0 Å². The minimum atomic E-state index is -1.40. The summed E-state index contributed by atoms with van der Waals surface area (Å²) in [6.45, 7) is 0. The van der Waals surface area contributed by atoms with E-state index in [0.717, 1.165) is 0 Å². The van der Waals surface area contributed by atoms with Crippen LogP contribution in [-0.2, 0) is 0 Å². The van der Waals surface area contributed by atoms with Gasteiger partial charge >= 0.3 is 123 Å². The van der Waals surface area contributed by atoms with Crippen molar-refractivity contribution in [2.24, 2.45) is 0 Å². The molecular formula is C12H28Br2Ge2. The van der Waals surface area contributed by atoms with Crippen LogP contribution in [0.2, 0.25) is 33.5 Å². The Balaban J connectivity index is 3.17. The Morgan fingerprint density at radius 2 is 0.812 bits per heavy atom. The molecule has 98 valence electrons. The van der Waals surface area contributed by atoms with Gasteiger partial charge in [0.05, 0.1) is 0 Å². The van der Waals surface area contributed by atoms with Crippen molar-refractivity contribution < 1.29 is 0 Å². The fraction of sp³-hybridized carbons (Fsp3) is 1.00. The molecule has 0 fully saturated rings. The van der Waals surface area contributed by atoms with Gasteiger partial charge in [-0.25, -0.2) is 0 Å². The van der Waals surface area contributed by atoms with E-state index < -0.39 is 22.8 Å². The van der Waals surface area contributed by atoms with Gasteiger partial charge in [0.25, 0.3) is 0 Å². The summed E-state index contributed by atoms with van der Waals surface area (Å²) in [5.74, 6) is 9.79. The van der Waals surface area contributed by atoms with Crippen LogP contribution in [0.5, 0.6) is 0 Å². The van der Waals surface area contributed by atoms with Crippen molar-refractivity contribution in [1.29, 1.82) is 0 Å². The van der Waals surface area contributed by atoms with Gasteiger partial charge in [0.15, 0.2) is 0 Å². The van der Waals surface area contributed by atoms with Crippen LogP contribution in [0.3, 0.4) is 0 Å². The van der Waals surface area contributed by atoms with E-state index in [9.17, 15) is 0 Å². The number of rotatable bonds is 9. The summed E-state index contributed by atoms with van der Waals surface area (Å²) in [5, 5.41) is 2.98. The molecule has 0 heterocycles. The zero-order chi connectivity index (χ0) is 12.7. The van der Waals surface area contributed by atoms with Crippen molar-refractivity contribution >= 4 is 50.9 Å². The molecule has 0 N–H and O–H groups in total. The normalized spacial score (nSPS) is 13.1. The predicted octanol–water partition coefficient (Wildman–Crippen LogP) is 6.53. The predicted molar refractivity (Wildman–Crippen MR) is 90.1 cm³/mol. The zero-order valence-electron chi connectivity index (χ0n) is 11.4. The van der Waals surface area contributed by atoms with Gasteiger partial charge in [-0.2, -0.15) is 0 Å². The molecule has 0 unspecified atom stereocenters. The van der Waals surface area contributed by atoms with Gasteiger partial charge in [-0.05, 0) is 0 Å². The Hall–Kier alpha value is 2.05. The van der Waals surface area contributed by atoms with Crippen LogP contribution in [-0.4, -0.2) is 22.8 Å². The number of hydrogen-bond donors (Lipinski definition) is 0. The van der Waals surface area contributed by atoms with Crippen molar-refractivity contribution in [3.8, 4) is 0 Å². The molecule has 0 atom stereocenters. The molecule has 0 amide bonds. The third kappa shape index (κ3) is 16.0. The van der Waals surface area contributed by atoms with E-state index in [2.05, 4.69) is 51.0 Å². The first-order valence-corrected chi connectivity index (χ1v) is 27.8. The van der Waals surface area contributed by atoms with Crippen molar-refractivity contribution in [1.82, 2.24) is 0 Å². The SMILES string of the molecule is [CH3][Ge]([CH3])([Br])[CH2]CCCCCC[CH2][Ge]([CH3])([CH3])[Br]. The summed E-state index contributed by atoms with van der Waals surface area (Å²) in [4.78, 5) is 0. The van der Waals surface area contributed by atoms with E-state index in [-0.39, 0.29) is 0 Å². The third-order valence-electron chi connectivity index (χ3n) is 2.79. The Morgan fingerprint density at radius 1 is 0.562 bits per heavy atom. The van der Waals surface area contributed by atoms with Crippen LogP contribution < -0.4 is 0 Å². The first-order chi connectivity index (χ1) is 7.21. The molecule has 0 spiro atoms. The van der Waals surface area contributed by atoms with Crippen molar-refractivity contribution in [2.45, 2.75) is 72.1 Å². The maximum absolute atomic E-state index is 3.88. The number of halogens is 2. The molecule has 0 nitrogen and oxygen atoms in total. The van der Waals surface area contributed by atoms with E-state index in [0.29, 0.717) is 0 Å². The molecule has 0 aromatic carbocycles. The van der Waals surface area contributed by atoms with Gasteiger partial charge in [0, 0.05) is 0 Å².